The van der Waals surface area contributed by atoms with Gasteiger partial charge in [0.15, 0.2) is 5.92 Å². The van der Waals surface area contributed by atoms with E-state index in [2.05, 4.69) is 0 Å². The predicted octanol–water partition coefficient (Wildman–Crippen LogP) is 5.39. The molecule has 1 atom stereocenters. The lowest BCUT2D eigenvalue weighted by Crippen LogP contribution is -2.39. The van der Waals surface area contributed by atoms with Crippen LogP contribution in [0.5, 0.6) is 0 Å². The highest BCUT2D eigenvalue weighted by atomic mass is 35.5. The first-order valence-corrected chi connectivity index (χ1v) is 6.04. The maximum absolute atomic E-state index is 12.5. The molecule has 0 spiro atoms. The van der Waals surface area contributed by atoms with E-state index in [-0.39, 0.29) is 5.56 Å². The standard InChI is InChI=1S/C10H9ClF6S/c1-4-3-6(5(2)18-4)7(11)8(9(12,13)14)10(15,16)17/h3,7-8H,1-2H3. The molecule has 0 radical (unpaired) electrons. The first-order valence-electron chi connectivity index (χ1n) is 4.79. The maximum Gasteiger partial charge on any atom is 0.402 e. The molecule has 18 heavy (non-hydrogen) atoms. The van der Waals surface area contributed by atoms with Gasteiger partial charge in [0.1, 0.15) is 0 Å². The molecular formula is C10H9ClF6S. The van der Waals surface area contributed by atoms with Gasteiger partial charge in [0.05, 0.1) is 5.38 Å². The summed E-state index contributed by atoms with van der Waals surface area (Å²) in [5.41, 5.74) is -0.112. The van der Waals surface area contributed by atoms with Crippen molar-refractivity contribution in [2.45, 2.75) is 31.6 Å². The summed E-state index contributed by atoms with van der Waals surface area (Å²) in [6.07, 6.45) is -10.8. The molecular weight excluding hydrogens is 302 g/mol. The Morgan fingerprint density at radius 1 is 1.06 bits per heavy atom. The highest BCUT2D eigenvalue weighted by Crippen LogP contribution is 2.50. The zero-order valence-electron chi connectivity index (χ0n) is 9.29. The molecule has 0 saturated carbocycles. The molecule has 1 unspecified atom stereocenters. The first kappa shape index (κ1) is 15.6. The molecule has 0 aliphatic heterocycles. The summed E-state index contributed by atoms with van der Waals surface area (Å²) in [7, 11) is 0. The minimum absolute atomic E-state index is 0.112. The minimum atomic E-state index is -5.42. The van der Waals surface area contributed by atoms with E-state index in [0.29, 0.717) is 9.75 Å². The van der Waals surface area contributed by atoms with Gasteiger partial charge >= 0.3 is 12.4 Å². The van der Waals surface area contributed by atoms with E-state index in [1.54, 1.807) is 6.92 Å². The molecule has 1 aromatic rings. The molecule has 1 rings (SSSR count). The molecule has 0 aliphatic carbocycles. The number of rotatable bonds is 2. The number of halogens is 7. The summed E-state index contributed by atoms with van der Waals surface area (Å²) in [6.45, 7) is 3.05. The van der Waals surface area contributed by atoms with Gasteiger partial charge in [-0.25, -0.2) is 0 Å². The van der Waals surface area contributed by atoms with Crippen LogP contribution in [0.15, 0.2) is 6.07 Å². The Labute approximate surface area is 109 Å². The van der Waals surface area contributed by atoms with Crippen LogP contribution in [0, 0.1) is 19.8 Å². The van der Waals surface area contributed by atoms with Gasteiger partial charge in [0, 0.05) is 9.75 Å². The van der Waals surface area contributed by atoms with Gasteiger partial charge in [0.2, 0.25) is 0 Å². The van der Waals surface area contributed by atoms with Crippen LogP contribution in [0.25, 0.3) is 0 Å². The fourth-order valence-corrected chi connectivity index (χ4v) is 3.17. The second-order valence-electron chi connectivity index (χ2n) is 3.83. The third kappa shape index (κ3) is 3.32. The molecule has 1 aromatic heterocycles. The van der Waals surface area contributed by atoms with Crippen molar-refractivity contribution in [2.75, 3.05) is 0 Å². The van der Waals surface area contributed by atoms with Gasteiger partial charge in [-0.05, 0) is 25.5 Å². The average Bonchev–Trinajstić information content (AvgIpc) is 2.39. The van der Waals surface area contributed by atoms with E-state index in [0.717, 1.165) is 11.3 Å². The first-order chi connectivity index (χ1) is 7.94. The largest absolute Gasteiger partial charge is 0.402 e. The number of thiophene rings is 1. The highest BCUT2D eigenvalue weighted by Gasteiger charge is 2.60. The van der Waals surface area contributed by atoms with E-state index in [1.165, 1.54) is 13.0 Å². The molecule has 0 saturated heterocycles. The Morgan fingerprint density at radius 3 is 1.78 bits per heavy atom. The van der Waals surface area contributed by atoms with Gasteiger partial charge in [-0.2, -0.15) is 26.3 Å². The van der Waals surface area contributed by atoms with E-state index >= 15 is 0 Å². The molecule has 0 aromatic carbocycles. The van der Waals surface area contributed by atoms with E-state index < -0.39 is 23.6 Å². The summed E-state index contributed by atoms with van der Waals surface area (Å²) < 4.78 is 74.9. The van der Waals surface area contributed by atoms with Crippen LogP contribution in [0.4, 0.5) is 26.3 Å². The van der Waals surface area contributed by atoms with Crippen molar-refractivity contribution >= 4 is 22.9 Å². The summed E-state index contributed by atoms with van der Waals surface area (Å²) >= 11 is 6.54. The second-order valence-corrected chi connectivity index (χ2v) is 5.76. The van der Waals surface area contributed by atoms with Crippen molar-refractivity contribution in [3.05, 3.63) is 21.4 Å². The maximum atomic E-state index is 12.5. The molecule has 0 bridgehead atoms. The SMILES string of the molecule is Cc1cc(C(Cl)C(C(F)(F)F)C(F)(F)F)c(C)s1. The second kappa shape index (κ2) is 4.92. The van der Waals surface area contributed by atoms with Gasteiger partial charge < -0.3 is 0 Å². The molecule has 0 aliphatic rings. The average molecular weight is 311 g/mol. The predicted molar refractivity (Wildman–Crippen MR) is 58.0 cm³/mol. The van der Waals surface area contributed by atoms with Crippen molar-refractivity contribution in [3.8, 4) is 0 Å². The summed E-state index contributed by atoms with van der Waals surface area (Å²) in [4.78, 5) is 0.988. The molecule has 1 heterocycles. The third-order valence-electron chi connectivity index (χ3n) is 2.37. The highest BCUT2D eigenvalue weighted by molar-refractivity contribution is 7.12. The lowest BCUT2D eigenvalue weighted by Gasteiger charge is -2.27. The fraction of sp³-hybridized carbons (Fsp3) is 0.600. The van der Waals surface area contributed by atoms with E-state index in [9.17, 15) is 26.3 Å². The lowest BCUT2D eigenvalue weighted by molar-refractivity contribution is -0.284. The van der Waals surface area contributed by atoms with Gasteiger partial charge in [-0.15, -0.1) is 22.9 Å². The Morgan fingerprint density at radius 2 is 1.50 bits per heavy atom. The summed E-state index contributed by atoms with van der Waals surface area (Å²) in [5, 5.41) is -2.16. The quantitative estimate of drug-likeness (QED) is 0.508. The van der Waals surface area contributed by atoms with Crippen LogP contribution in [0.2, 0.25) is 0 Å². The molecule has 0 N–H and O–H groups in total. The van der Waals surface area contributed by atoms with Crippen LogP contribution in [-0.4, -0.2) is 12.4 Å². The number of alkyl halides is 7. The zero-order valence-corrected chi connectivity index (χ0v) is 10.9. The monoisotopic (exact) mass is 310 g/mol. The minimum Gasteiger partial charge on any atom is -0.170 e. The van der Waals surface area contributed by atoms with Crippen molar-refractivity contribution in [1.29, 1.82) is 0 Å². The van der Waals surface area contributed by atoms with Crippen LogP contribution in [0.1, 0.15) is 20.7 Å². The number of aryl methyl sites for hydroxylation is 2. The van der Waals surface area contributed by atoms with Crippen LogP contribution < -0.4 is 0 Å². The van der Waals surface area contributed by atoms with Crippen molar-refractivity contribution in [1.82, 2.24) is 0 Å². The third-order valence-corrected chi connectivity index (χ3v) is 3.84. The topological polar surface area (TPSA) is 0 Å². The summed E-state index contributed by atoms with van der Waals surface area (Å²) in [6, 6.07) is 1.27. The molecule has 0 fully saturated rings. The number of hydrogen-bond acceptors (Lipinski definition) is 1. The van der Waals surface area contributed by atoms with Crippen molar-refractivity contribution < 1.29 is 26.3 Å². The molecule has 0 amide bonds. The molecule has 8 heteroatoms. The Hall–Kier alpha value is -0.430. The van der Waals surface area contributed by atoms with Crippen molar-refractivity contribution in [3.63, 3.8) is 0 Å². The van der Waals surface area contributed by atoms with E-state index in [4.69, 9.17) is 11.6 Å². The van der Waals surface area contributed by atoms with Crippen molar-refractivity contribution in [2.24, 2.45) is 5.92 Å². The van der Waals surface area contributed by atoms with Gasteiger partial charge in [0.25, 0.3) is 0 Å². The zero-order chi connectivity index (χ0) is 14.3. The van der Waals surface area contributed by atoms with Gasteiger partial charge in [-0.3, -0.25) is 0 Å². The van der Waals surface area contributed by atoms with Gasteiger partial charge in [-0.1, -0.05) is 0 Å². The Balaban J connectivity index is 3.19. The van der Waals surface area contributed by atoms with Crippen LogP contribution >= 0.6 is 22.9 Å². The molecule has 104 valence electrons. The normalized spacial score (nSPS) is 15.2. The van der Waals surface area contributed by atoms with Crippen LogP contribution in [0.3, 0.4) is 0 Å². The smallest absolute Gasteiger partial charge is 0.170 e. The lowest BCUT2D eigenvalue weighted by atomic mass is 9.97. The van der Waals surface area contributed by atoms with Crippen LogP contribution in [-0.2, 0) is 0 Å². The molecule has 0 nitrogen and oxygen atoms in total. The summed E-state index contributed by atoms with van der Waals surface area (Å²) in [5.74, 6) is -3.56. The Kier molecular flexibility index (Phi) is 4.27. The van der Waals surface area contributed by atoms with E-state index in [1.807, 2.05) is 0 Å². The number of hydrogen-bond donors (Lipinski definition) is 0. The Bertz CT molecular complexity index is 405. The fourth-order valence-electron chi connectivity index (χ4n) is 1.62.